The van der Waals surface area contributed by atoms with Crippen molar-refractivity contribution in [3.05, 3.63) is 11.6 Å². The average molecular weight is 222 g/mol. The van der Waals surface area contributed by atoms with Crippen LogP contribution in [0.2, 0.25) is 0 Å². The Morgan fingerprint density at radius 2 is 2.19 bits per heavy atom. The summed E-state index contributed by atoms with van der Waals surface area (Å²) in [4.78, 5) is 11.1. The molecule has 1 fully saturated rings. The van der Waals surface area contributed by atoms with Crippen LogP contribution in [0.3, 0.4) is 0 Å². The fourth-order valence-electron chi connectivity index (χ4n) is 4.10. The molecule has 0 spiro atoms. The van der Waals surface area contributed by atoms with Crippen molar-refractivity contribution >= 4 is 5.97 Å². The highest BCUT2D eigenvalue weighted by molar-refractivity contribution is 5.68. The van der Waals surface area contributed by atoms with Crippen molar-refractivity contribution < 1.29 is 9.90 Å². The lowest BCUT2D eigenvalue weighted by atomic mass is 9.56. The topological polar surface area (TPSA) is 37.3 Å². The molecule has 0 aliphatic heterocycles. The minimum absolute atomic E-state index is 0.0255. The fourth-order valence-corrected chi connectivity index (χ4v) is 4.10. The molecule has 2 atom stereocenters. The van der Waals surface area contributed by atoms with E-state index in [-0.39, 0.29) is 10.8 Å². The van der Waals surface area contributed by atoms with E-state index in [0.29, 0.717) is 12.3 Å². The molecule has 0 heterocycles. The number of carbonyl (C=O) groups is 1. The van der Waals surface area contributed by atoms with Crippen molar-refractivity contribution in [1.29, 1.82) is 0 Å². The summed E-state index contributed by atoms with van der Waals surface area (Å²) < 4.78 is 0. The third-order valence-electron chi connectivity index (χ3n) is 4.58. The third-order valence-corrected chi connectivity index (χ3v) is 4.58. The van der Waals surface area contributed by atoms with Gasteiger partial charge in [-0.25, -0.2) is 0 Å². The van der Waals surface area contributed by atoms with Gasteiger partial charge in [0.25, 0.3) is 0 Å². The standard InChI is InChI=1S/C14H22O2/c1-10-7-11-13(2,3)5-4-6-14(11,8-10)9-12(15)16/h7,11H,4-6,8-9H2,1-3H3,(H,15,16)/t11-,14-/m0/s1. The summed E-state index contributed by atoms with van der Waals surface area (Å²) in [5.41, 5.74) is 1.68. The average Bonchev–Trinajstić information content (AvgIpc) is 2.41. The van der Waals surface area contributed by atoms with E-state index in [2.05, 4.69) is 26.8 Å². The van der Waals surface area contributed by atoms with Gasteiger partial charge in [-0.1, -0.05) is 31.9 Å². The summed E-state index contributed by atoms with van der Waals surface area (Å²) in [6.45, 7) is 6.74. The van der Waals surface area contributed by atoms with Gasteiger partial charge in [-0.15, -0.1) is 0 Å². The van der Waals surface area contributed by atoms with E-state index in [0.717, 1.165) is 12.8 Å². The molecule has 0 unspecified atom stereocenters. The Hall–Kier alpha value is -0.790. The van der Waals surface area contributed by atoms with Crippen LogP contribution in [-0.2, 0) is 4.79 Å². The highest BCUT2D eigenvalue weighted by atomic mass is 16.4. The Morgan fingerprint density at radius 1 is 1.50 bits per heavy atom. The zero-order valence-corrected chi connectivity index (χ0v) is 10.5. The quantitative estimate of drug-likeness (QED) is 0.724. The lowest BCUT2D eigenvalue weighted by Crippen LogP contribution is -2.41. The molecule has 2 heteroatoms. The first-order valence-corrected chi connectivity index (χ1v) is 6.25. The van der Waals surface area contributed by atoms with Gasteiger partial charge in [-0.05, 0) is 42.9 Å². The molecule has 1 N–H and O–H groups in total. The van der Waals surface area contributed by atoms with Crippen molar-refractivity contribution in [2.75, 3.05) is 0 Å². The van der Waals surface area contributed by atoms with Crippen LogP contribution in [0.1, 0.15) is 52.9 Å². The summed E-state index contributed by atoms with van der Waals surface area (Å²) in [5, 5.41) is 9.14. The van der Waals surface area contributed by atoms with E-state index in [1.165, 1.54) is 18.4 Å². The molecule has 90 valence electrons. The monoisotopic (exact) mass is 222 g/mol. The summed E-state index contributed by atoms with van der Waals surface area (Å²) in [7, 11) is 0. The van der Waals surface area contributed by atoms with Gasteiger partial charge in [0.2, 0.25) is 0 Å². The van der Waals surface area contributed by atoms with Gasteiger partial charge >= 0.3 is 5.97 Å². The Kier molecular flexibility index (Phi) is 2.64. The van der Waals surface area contributed by atoms with E-state index in [1.807, 2.05) is 0 Å². The lowest BCUT2D eigenvalue weighted by molar-refractivity contribution is -0.142. The number of aliphatic carboxylic acids is 1. The molecular weight excluding hydrogens is 200 g/mol. The largest absolute Gasteiger partial charge is 0.481 e. The van der Waals surface area contributed by atoms with Gasteiger partial charge in [-0.2, -0.15) is 0 Å². The summed E-state index contributed by atoms with van der Waals surface area (Å²) >= 11 is 0. The van der Waals surface area contributed by atoms with Gasteiger partial charge in [0, 0.05) is 0 Å². The van der Waals surface area contributed by atoms with Crippen molar-refractivity contribution in [1.82, 2.24) is 0 Å². The van der Waals surface area contributed by atoms with Gasteiger partial charge in [0.15, 0.2) is 0 Å². The molecule has 0 bridgehead atoms. The van der Waals surface area contributed by atoms with Crippen LogP contribution in [0.15, 0.2) is 11.6 Å². The number of rotatable bonds is 2. The van der Waals surface area contributed by atoms with Crippen molar-refractivity contribution in [3.63, 3.8) is 0 Å². The molecule has 0 aromatic carbocycles. The van der Waals surface area contributed by atoms with Crippen LogP contribution < -0.4 is 0 Å². The molecule has 2 aliphatic carbocycles. The van der Waals surface area contributed by atoms with E-state index < -0.39 is 5.97 Å². The van der Waals surface area contributed by atoms with Crippen molar-refractivity contribution in [2.24, 2.45) is 16.7 Å². The minimum atomic E-state index is -0.634. The molecule has 2 rings (SSSR count). The first kappa shape index (κ1) is 11.7. The predicted molar refractivity (Wildman–Crippen MR) is 64.2 cm³/mol. The molecule has 0 saturated heterocycles. The molecule has 0 radical (unpaired) electrons. The minimum Gasteiger partial charge on any atom is -0.481 e. The van der Waals surface area contributed by atoms with Crippen LogP contribution in [0.4, 0.5) is 0 Å². The molecule has 2 nitrogen and oxygen atoms in total. The Balaban J connectivity index is 2.32. The zero-order chi connectivity index (χ0) is 12.0. The zero-order valence-electron chi connectivity index (χ0n) is 10.5. The number of hydrogen-bond donors (Lipinski definition) is 1. The van der Waals surface area contributed by atoms with Crippen molar-refractivity contribution in [2.45, 2.75) is 52.9 Å². The summed E-state index contributed by atoms with van der Waals surface area (Å²) in [6.07, 6.45) is 7.17. The molecule has 0 aromatic rings. The van der Waals surface area contributed by atoms with Crippen LogP contribution in [0.5, 0.6) is 0 Å². The van der Waals surface area contributed by atoms with E-state index in [4.69, 9.17) is 5.11 Å². The SMILES string of the molecule is CC1=C[C@H]2C(C)(C)CCC[C@@]2(CC(=O)O)C1. The highest BCUT2D eigenvalue weighted by Crippen LogP contribution is 2.59. The second kappa shape index (κ2) is 3.61. The second-order valence-corrected chi connectivity index (χ2v) is 6.44. The van der Waals surface area contributed by atoms with Crippen LogP contribution in [-0.4, -0.2) is 11.1 Å². The molecule has 0 aromatic heterocycles. The number of fused-ring (bicyclic) bond motifs is 1. The summed E-state index contributed by atoms with van der Waals surface area (Å²) in [6, 6.07) is 0. The maximum atomic E-state index is 11.1. The van der Waals surface area contributed by atoms with Gasteiger partial charge in [-0.3, -0.25) is 4.79 Å². The second-order valence-electron chi connectivity index (χ2n) is 6.44. The van der Waals surface area contributed by atoms with E-state index >= 15 is 0 Å². The molecule has 1 saturated carbocycles. The maximum absolute atomic E-state index is 11.1. The van der Waals surface area contributed by atoms with Gasteiger partial charge in [0.1, 0.15) is 0 Å². The number of allylic oxidation sites excluding steroid dienone is 2. The number of carboxylic acid groups (broad SMARTS) is 1. The van der Waals surface area contributed by atoms with Gasteiger partial charge in [0.05, 0.1) is 6.42 Å². The molecule has 2 aliphatic rings. The van der Waals surface area contributed by atoms with Crippen LogP contribution >= 0.6 is 0 Å². The Bertz CT molecular complexity index is 341. The summed E-state index contributed by atoms with van der Waals surface area (Å²) in [5.74, 6) is -0.171. The van der Waals surface area contributed by atoms with Crippen LogP contribution in [0, 0.1) is 16.7 Å². The highest BCUT2D eigenvalue weighted by Gasteiger charge is 2.51. The van der Waals surface area contributed by atoms with E-state index in [9.17, 15) is 4.79 Å². The van der Waals surface area contributed by atoms with Crippen LogP contribution in [0.25, 0.3) is 0 Å². The fraction of sp³-hybridized carbons (Fsp3) is 0.786. The normalized spacial score (nSPS) is 36.7. The third kappa shape index (κ3) is 1.79. The number of hydrogen-bond acceptors (Lipinski definition) is 1. The van der Waals surface area contributed by atoms with E-state index in [1.54, 1.807) is 0 Å². The first-order valence-electron chi connectivity index (χ1n) is 6.25. The Labute approximate surface area is 97.7 Å². The molecule has 0 amide bonds. The molecular formula is C14H22O2. The first-order chi connectivity index (χ1) is 7.36. The van der Waals surface area contributed by atoms with Gasteiger partial charge < -0.3 is 5.11 Å². The predicted octanol–water partition coefficient (Wildman–Crippen LogP) is 3.62. The van der Waals surface area contributed by atoms with Crippen molar-refractivity contribution in [3.8, 4) is 0 Å². The maximum Gasteiger partial charge on any atom is 0.303 e. The Morgan fingerprint density at radius 3 is 2.81 bits per heavy atom. The molecule has 16 heavy (non-hydrogen) atoms. The number of carboxylic acids is 1. The lowest BCUT2D eigenvalue weighted by Gasteiger charge is -2.48. The smallest absolute Gasteiger partial charge is 0.303 e.